The summed E-state index contributed by atoms with van der Waals surface area (Å²) in [6, 6.07) is 4.16. The van der Waals surface area contributed by atoms with Crippen LogP contribution >= 0.6 is 22.9 Å². The molecule has 1 aromatic rings. The summed E-state index contributed by atoms with van der Waals surface area (Å²) in [4.78, 5) is 1.20. The number of aliphatic hydroxyl groups excluding tert-OH is 1. The maximum Gasteiger partial charge on any atom is 0.0931 e. The molecule has 1 aromatic heterocycles. The van der Waals surface area contributed by atoms with E-state index in [2.05, 4.69) is 12.2 Å². The first-order chi connectivity index (χ1) is 7.30. The van der Waals surface area contributed by atoms with Crippen LogP contribution in [0.15, 0.2) is 12.1 Å². The smallest absolute Gasteiger partial charge is 0.0931 e. The van der Waals surface area contributed by atoms with Crippen molar-refractivity contribution in [3.8, 4) is 0 Å². The quantitative estimate of drug-likeness (QED) is 0.870. The summed E-state index contributed by atoms with van der Waals surface area (Å²) in [5, 5.41) is 13.2. The van der Waals surface area contributed by atoms with Crippen molar-refractivity contribution >= 4 is 22.9 Å². The van der Waals surface area contributed by atoms with Gasteiger partial charge in [0.1, 0.15) is 0 Å². The molecule has 1 rings (SSSR count). The van der Waals surface area contributed by atoms with Crippen LogP contribution in [0, 0.1) is 5.41 Å². The fourth-order valence-electron chi connectivity index (χ4n) is 1.26. The Kier molecular flexibility index (Phi) is 4.80. The number of rotatable bonds is 4. The summed E-state index contributed by atoms with van der Waals surface area (Å²) in [5.41, 5.74) is -0.0835. The van der Waals surface area contributed by atoms with E-state index in [0.29, 0.717) is 6.54 Å². The van der Waals surface area contributed by atoms with Crippen molar-refractivity contribution in [3.05, 3.63) is 21.3 Å². The third-order valence-corrected chi connectivity index (χ3v) is 4.05. The average Bonchev–Trinajstić information content (AvgIpc) is 2.59. The van der Waals surface area contributed by atoms with Crippen LogP contribution in [0.5, 0.6) is 0 Å². The minimum atomic E-state index is -0.342. The van der Waals surface area contributed by atoms with Gasteiger partial charge in [-0.2, -0.15) is 0 Å². The molecule has 0 saturated carbocycles. The Morgan fingerprint density at radius 1 is 1.44 bits per heavy atom. The Labute approximate surface area is 107 Å². The number of aliphatic hydroxyl groups is 1. The molecule has 2 atom stereocenters. The van der Waals surface area contributed by atoms with E-state index in [1.807, 2.05) is 32.9 Å². The third-order valence-electron chi connectivity index (χ3n) is 2.64. The first-order valence-corrected chi connectivity index (χ1v) is 6.67. The number of thiophene rings is 1. The molecule has 2 nitrogen and oxygen atoms in total. The highest BCUT2D eigenvalue weighted by Gasteiger charge is 2.22. The lowest BCUT2D eigenvalue weighted by Crippen LogP contribution is -2.37. The molecule has 0 spiro atoms. The first kappa shape index (κ1) is 14.0. The Morgan fingerprint density at radius 2 is 2.06 bits per heavy atom. The van der Waals surface area contributed by atoms with Gasteiger partial charge in [0.2, 0.25) is 0 Å². The maximum absolute atomic E-state index is 9.90. The summed E-state index contributed by atoms with van der Waals surface area (Å²) >= 11 is 7.46. The molecule has 2 N–H and O–H groups in total. The van der Waals surface area contributed by atoms with Crippen molar-refractivity contribution in [1.82, 2.24) is 5.32 Å². The number of halogens is 1. The normalized spacial score (nSPS) is 16.1. The highest BCUT2D eigenvalue weighted by molar-refractivity contribution is 7.16. The second-order valence-corrected chi connectivity index (χ2v) is 6.90. The molecule has 0 bridgehead atoms. The monoisotopic (exact) mass is 261 g/mol. The molecular formula is C12H20ClNOS. The van der Waals surface area contributed by atoms with Gasteiger partial charge in [-0.25, -0.2) is 0 Å². The molecule has 0 aliphatic heterocycles. The third kappa shape index (κ3) is 4.06. The van der Waals surface area contributed by atoms with Gasteiger partial charge in [0, 0.05) is 17.5 Å². The molecule has 0 aliphatic rings. The molecule has 2 unspecified atom stereocenters. The molecule has 0 aromatic carbocycles. The van der Waals surface area contributed by atoms with Gasteiger partial charge >= 0.3 is 0 Å². The molecule has 1 heterocycles. The number of nitrogens with one attached hydrogen (secondary N) is 1. The van der Waals surface area contributed by atoms with Gasteiger partial charge in [-0.3, -0.25) is 0 Å². The summed E-state index contributed by atoms with van der Waals surface area (Å²) in [6.07, 6.45) is -0.342. The topological polar surface area (TPSA) is 32.3 Å². The summed E-state index contributed by atoms with van der Waals surface area (Å²) in [7, 11) is 0. The van der Waals surface area contributed by atoms with E-state index >= 15 is 0 Å². The minimum absolute atomic E-state index is 0.0835. The van der Waals surface area contributed by atoms with Gasteiger partial charge < -0.3 is 10.4 Å². The van der Waals surface area contributed by atoms with Gasteiger partial charge in [-0.15, -0.1) is 11.3 Å². The van der Waals surface area contributed by atoms with E-state index in [4.69, 9.17) is 11.6 Å². The van der Waals surface area contributed by atoms with Crippen LogP contribution in [0.25, 0.3) is 0 Å². The molecule has 0 radical (unpaired) electrons. The van der Waals surface area contributed by atoms with Gasteiger partial charge in [-0.1, -0.05) is 32.4 Å². The highest BCUT2D eigenvalue weighted by atomic mass is 35.5. The van der Waals surface area contributed by atoms with Crippen LogP contribution in [0.1, 0.15) is 38.6 Å². The summed E-state index contributed by atoms with van der Waals surface area (Å²) in [5.74, 6) is 0. The molecule has 0 fully saturated rings. The zero-order valence-corrected chi connectivity index (χ0v) is 11.8. The maximum atomic E-state index is 9.90. The van der Waals surface area contributed by atoms with Crippen LogP contribution in [-0.4, -0.2) is 17.8 Å². The fraction of sp³-hybridized carbons (Fsp3) is 0.667. The van der Waals surface area contributed by atoms with Gasteiger partial charge in [0.25, 0.3) is 0 Å². The van der Waals surface area contributed by atoms with Crippen LogP contribution < -0.4 is 5.32 Å². The second-order valence-electron chi connectivity index (χ2n) is 5.15. The highest BCUT2D eigenvalue weighted by Crippen LogP contribution is 2.27. The fourth-order valence-corrected chi connectivity index (χ4v) is 2.34. The molecule has 92 valence electrons. The van der Waals surface area contributed by atoms with Crippen LogP contribution in [0.3, 0.4) is 0 Å². The Morgan fingerprint density at radius 3 is 2.50 bits per heavy atom. The van der Waals surface area contributed by atoms with Crippen molar-refractivity contribution in [3.63, 3.8) is 0 Å². The standard InChI is InChI=1S/C12H20ClNOS/c1-8(9-5-6-11(13)16-9)14-7-10(15)12(2,3)4/h5-6,8,10,14-15H,7H2,1-4H3. The Balaban J connectivity index is 2.44. The van der Waals surface area contributed by atoms with Crippen molar-refractivity contribution in [2.45, 2.75) is 39.8 Å². The van der Waals surface area contributed by atoms with Crippen molar-refractivity contribution < 1.29 is 5.11 Å². The van der Waals surface area contributed by atoms with Crippen molar-refractivity contribution in [2.24, 2.45) is 5.41 Å². The Hall–Kier alpha value is -0.0900. The lowest BCUT2D eigenvalue weighted by Gasteiger charge is -2.27. The molecule has 16 heavy (non-hydrogen) atoms. The molecule has 0 saturated heterocycles. The largest absolute Gasteiger partial charge is 0.391 e. The first-order valence-electron chi connectivity index (χ1n) is 5.47. The van der Waals surface area contributed by atoms with Gasteiger partial charge in [-0.05, 0) is 24.5 Å². The van der Waals surface area contributed by atoms with Gasteiger partial charge in [0.05, 0.1) is 10.4 Å². The SMILES string of the molecule is CC(NCC(O)C(C)(C)C)c1ccc(Cl)s1. The molecule has 0 amide bonds. The van der Waals surface area contributed by atoms with Crippen LogP contribution in [0.4, 0.5) is 0 Å². The predicted octanol–water partition coefficient (Wildman–Crippen LogP) is 3.46. The molecular weight excluding hydrogens is 242 g/mol. The zero-order chi connectivity index (χ0) is 12.3. The van der Waals surface area contributed by atoms with E-state index in [9.17, 15) is 5.11 Å². The minimum Gasteiger partial charge on any atom is -0.391 e. The van der Waals surface area contributed by atoms with Crippen molar-refractivity contribution in [1.29, 1.82) is 0 Å². The summed E-state index contributed by atoms with van der Waals surface area (Å²) < 4.78 is 0.806. The Bertz CT molecular complexity index is 332. The average molecular weight is 262 g/mol. The number of hydrogen-bond donors (Lipinski definition) is 2. The van der Waals surface area contributed by atoms with Gasteiger partial charge in [0.15, 0.2) is 0 Å². The second kappa shape index (κ2) is 5.50. The molecule has 4 heteroatoms. The van der Waals surface area contributed by atoms with E-state index in [-0.39, 0.29) is 17.6 Å². The van der Waals surface area contributed by atoms with E-state index < -0.39 is 0 Å². The number of hydrogen-bond acceptors (Lipinski definition) is 3. The molecule has 0 aliphatic carbocycles. The van der Waals surface area contributed by atoms with Crippen LogP contribution in [0.2, 0.25) is 4.34 Å². The van der Waals surface area contributed by atoms with Crippen molar-refractivity contribution in [2.75, 3.05) is 6.54 Å². The lowest BCUT2D eigenvalue weighted by molar-refractivity contribution is 0.0610. The van der Waals surface area contributed by atoms with E-state index in [1.54, 1.807) is 11.3 Å². The predicted molar refractivity (Wildman–Crippen MR) is 71.2 cm³/mol. The van der Waals surface area contributed by atoms with Crippen LogP contribution in [-0.2, 0) is 0 Å². The van der Waals surface area contributed by atoms with E-state index in [0.717, 1.165) is 4.34 Å². The summed E-state index contributed by atoms with van der Waals surface area (Å²) in [6.45, 7) is 8.78. The zero-order valence-electron chi connectivity index (χ0n) is 10.2. The lowest BCUT2D eigenvalue weighted by atomic mass is 9.89. The van der Waals surface area contributed by atoms with E-state index in [1.165, 1.54) is 4.88 Å².